The van der Waals surface area contributed by atoms with Crippen LogP contribution in [0.15, 0.2) is 17.5 Å². The van der Waals surface area contributed by atoms with Crippen molar-refractivity contribution in [2.24, 2.45) is 0 Å². The van der Waals surface area contributed by atoms with Gasteiger partial charge in [0.05, 0.1) is 10.6 Å². The maximum atomic E-state index is 4.08. The van der Waals surface area contributed by atoms with Crippen molar-refractivity contribution >= 4 is 22.9 Å². The number of thiophene rings is 1. The molecule has 0 fully saturated rings. The fraction of sp³-hybridized carbons (Fsp3) is 0.455. The van der Waals surface area contributed by atoms with E-state index in [1.54, 1.807) is 11.3 Å². The van der Waals surface area contributed by atoms with Crippen LogP contribution in [0.1, 0.15) is 28.4 Å². The number of aryl methyl sites for hydroxylation is 1. The van der Waals surface area contributed by atoms with Gasteiger partial charge in [-0.25, -0.2) is 0 Å². The summed E-state index contributed by atoms with van der Waals surface area (Å²) in [5.41, 5.74) is 1.05. The number of nitrogens with one attached hydrogen (secondary N) is 1. The van der Waals surface area contributed by atoms with Crippen LogP contribution in [0.5, 0.6) is 0 Å². The molecule has 0 aromatic carbocycles. The molecule has 2 heterocycles. The normalized spacial score (nSPS) is 12.9. The molecule has 2 aromatic rings. The lowest BCUT2D eigenvalue weighted by Crippen LogP contribution is -2.22. The predicted octanol–water partition coefficient (Wildman–Crippen LogP) is 2.80. The Kier molecular flexibility index (Phi) is 4.04. The van der Waals surface area contributed by atoms with Gasteiger partial charge >= 0.3 is 0 Å². The number of hydrogen-bond donors (Lipinski definition) is 1. The molecule has 2 aromatic heterocycles. The van der Waals surface area contributed by atoms with Gasteiger partial charge < -0.3 is 5.32 Å². The van der Waals surface area contributed by atoms with E-state index >= 15 is 0 Å². The predicted molar refractivity (Wildman–Crippen MR) is 69.1 cm³/mol. The Hall–Kier alpha value is -0.780. The SMILES string of the molecule is CCNC(Cc1cccs1)c1snnc1C. The number of hydrogen-bond acceptors (Lipinski definition) is 5. The van der Waals surface area contributed by atoms with Gasteiger partial charge in [0, 0.05) is 17.3 Å². The molecule has 0 aliphatic rings. The van der Waals surface area contributed by atoms with Crippen LogP contribution in [0.3, 0.4) is 0 Å². The molecule has 0 radical (unpaired) electrons. The molecular formula is C11H15N3S2. The minimum atomic E-state index is 0.351. The number of nitrogens with zero attached hydrogens (tertiary/aromatic N) is 2. The fourth-order valence-electron chi connectivity index (χ4n) is 1.69. The van der Waals surface area contributed by atoms with Gasteiger partial charge in [-0.05, 0) is 36.4 Å². The first-order valence-electron chi connectivity index (χ1n) is 5.36. The van der Waals surface area contributed by atoms with Crippen LogP contribution in [0.2, 0.25) is 0 Å². The Morgan fingerprint density at radius 1 is 1.50 bits per heavy atom. The summed E-state index contributed by atoms with van der Waals surface area (Å²) in [6.45, 7) is 5.12. The molecule has 0 amide bonds. The highest BCUT2D eigenvalue weighted by atomic mass is 32.1. The van der Waals surface area contributed by atoms with Crippen molar-refractivity contribution in [3.8, 4) is 0 Å². The molecule has 1 N–H and O–H groups in total. The van der Waals surface area contributed by atoms with Crippen molar-refractivity contribution in [1.82, 2.24) is 14.9 Å². The smallest absolute Gasteiger partial charge is 0.0772 e. The second-order valence-electron chi connectivity index (χ2n) is 3.62. The molecule has 0 bridgehead atoms. The van der Waals surface area contributed by atoms with Gasteiger partial charge in [-0.2, -0.15) is 0 Å². The highest BCUT2D eigenvalue weighted by Crippen LogP contribution is 2.25. The van der Waals surface area contributed by atoms with Crippen LogP contribution in [-0.4, -0.2) is 16.1 Å². The highest BCUT2D eigenvalue weighted by molar-refractivity contribution is 7.10. The first-order chi connectivity index (χ1) is 7.81. The molecule has 16 heavy (non-hydrogen) atoms. The summed E-state index contributed by atoms with van der Waals surface area (Å²) in [4.78, 5) is 2.66. The Morgan fingerprint density at radius 2 is 2.38 bits per heavy atom. The number of likely N-dealkylation sites (N-methyl/N-ethyl adjacent to an activating group) is 1. The summed E-state index contributed by atoms with van der Waals surface area (Å²) in [5, 5.41) is 9.70. The molecule has 0 saturated heterocycles. The molecule has 2 rings (SSSR count). The topological polar surface area (TPSA) is 37.8 Å². The maximum absolute atomic E-state index is 4.08. The molecule has 86 valence electrons. The zero-order valence-electron chi connectivity index (χ0n) is 9.43. The number of aromatic nitrogens is 2. The molecule has 0 aliphatic carbocycles. The first kappa shape index (κ1) is 11.7. The zero-order chi connectivity index (χ0) is 11.4. The average Bonchev–Trinajstić information content (AvgIpc) is 2.88. The first-order valence-corrected chi connectivity index (χ1v) is 7.01. The standard InChI is InChI=1S/C11H15N3S2/c1-3-12-10(7-9-5-4-6-15-9)11-8(2)13-14-16-11/h4-6,10,12H,3,7H2,1-2H3. The van der Waals surface area contributed by atoms with Crippen molar-refractivity contribution in [3.05, 3.63) is 33.0 Å². The van der Waals surface area contributed by atoms with E-state index < -0.39 is 0 Å². The van der Waals surface area contributed by atoms with Crippen molar-refractivity contribution in [1.29, 1.82) is 0 Å². The van der Waals surface area contributed by atoms with Crippen molar-refractivity contribution in [2.45, 2.75) is 26.3 Å². The summed E-state index contributed by atoms with van der Waals surface area (Å²) >= 11 is 3.30. The molecule has 5 heteroatoms. The summed E-state index contributed by atoms with van der Waals surface area (Å²) in [6.07, 6.45) is 1.02. The van der Waals surface area contributed by atoms with Crippen LogP contribution in [0.25, 0.3) is 0 Å². The molecular weight excluding hydrogens is 238 g/mol. The van der Waals surface area contributed by atoms with Crippen molar-refractivity contribution < 1.29 is 0 Å². The third-order valence-electron chi connectivity index (χ3n) is 2.44. The summed E-state index contributed by atoms with van der Waals surface area (Å²) < 4.78 is 4.01. The van der Waals surface area contributed by atoms with Gasteiger partial charge in [0.2, 0.25) is 0 Å². The van der Waals surface area contributed by atoms with E-state index in [0.29, 0.717) is 6.04 Å². The lowest BCUT2D eigenvalue weighted by Gasteiger charge is -2.15. The Balaban J connectivity index is 2.14. The van der Waals surface area contributed by atoms with E-state index in [2.05, 4.69) is 39.3 Å². The zero-order valence-corrected chi connectivity index (χ0v) is 11.1. The average molecular weight is 253 g/mol. The van der Waals surface area contributed by atoms with E-state index in [0.717, 1.165) is 18.7 Å². The lowest BCUT2D eigenvalue weighted by molar-refractivity contribution is 0.558. The Bertz CT molecular complexity index is 422. The van der Waals surface area contributed by atoms with Crippen molar-refractivity contribution in [2.75, 3.05) is 6.54 Å². The molecule has 1 unspecified atom stereocenters. The van der Waals surface area contributed by atoms with E-state index in [9.17, 15) is 0 Å². The van der Waals surface area contributed by atoms with Crippen LogP contribution in [0.4, 0.5) is 0 Å². The van der Waals surface area contributed by atoms with E-state index in [1.165, 1.54) is 21.3 Å². The maximum Gasteiger partial charge on any atom is 0.0772 e. The van der Waals surface area contributed by atoms with E-state index in [4.69, 9.17) is 0 Å². The van der Waals surface area contributed by atoms with E-state index in [1.807, 2.05) is 6.92 Å². The fourth-order valence-corrected chi connectivity index (χ4v) is 3.16. The summed E-state index contributed by atoms with van der Waals surface area (Å²) in [7, 11) is 0. The largest absolute Gasteiger partial charge is 0.309 e. The third-order valence-corrected chi connectivity index (χ3v) is 4.28. The molecule has 0 spiro atoms. The monoisotopic (exact) mass is 253 g/mol. The second-order valence-corrected chi connectivity index (χ2v) is 5.43. The van der Waals surface area contributed by atoms with Gasteiger partial charge in [-0.1, -0.05) is 17.5 Å². The minimum absolute atomic E-state index is 0.351. The summed E-state index contributed by atoms with van der Waals surface area (Å²) in [6, 6.07) is 4.63. The quantitative estimate of drug-likeness (QED) is 0.890. The molecule has 0 aliphatic heterocycles. The van der Waals surface area contributed by atoms with Crippen molar-refractivity contribution in [3.63, 3.8) is 0 Å². The third kappa shape index (κ3) is 2.66. The van der Waals surface area contributed by atoms with Gasteiger partial charge in [0.15, 0.2) is 0 Å². The van der Waals surface area contributed by atoms with Gasteiger partial charge in [-0.3, -0.25) is 0 Å². The van der Waals surface area contributed by atoms with E-state index in [-0.39, 0.29) is 0 Å². The molecule has 3 nitrogen and oxygen atoms in total. The number of rotatable bonds is 5. The second kappa shape index (κ2) is 5.52. The lowest BCUT2D eigenvalue weighted by atomic mass is 10.1. The van der Waals surface area contributed by atoms with Crippen LogP contribution in [-0.2, 0) is 6.42 Å². The van der Waals surface area contributed by atoms with Crippen LogP contribution < -0.4 is 5.32 Å². The molecule has 1 atom stereocenters. The Labute approximate surface area is 104 Å². The van der Waals surface area contributed by atoms with Crippen LogP contribution >= 0.6 is 22.9 Å². The van der Waals surface area contributed by atoms with Gasteiger partial charge in [0.25, 0.3) is 0 Å². The Morgan fingerprint density at radius 3 is 2.94 bits per heavy atom. The van der Waals surface area contributed by atoms with Crippen LogP contribution in [0, 0.1) is 6.92 Å². The minimum Gasteiger partial charge on any atom is -0.309 e. The van der Waals surface area contributed by atoms with Gasteiger partial charge in [0.1, 0.15) is 0 Å². The molecule has 0 saturated carbocycles. The van der Waals surface area contributed by atoms with Gasteiger partial charge in [-0.15, -0.1) is 16.4 Å². The highest BCUT2D eigenvalue weighted by Gasteiger charge is 2.17. The summed E-state index contributed by atoms with van der Waals surface area (Å²) in [5.74, 6) is 0.